The Morgan fingerprint density at radius 3 is 2.60 bits per heavy atom. The van der Waals surface area contributed by atoms with Crippen LogP contribution >= 0.6 is 23.1 Å². The smallest absolute Gasteiger partial charge is 0.250 e. The molecule has 0 radical (unpaired) electrons. The van der Waals surface area contributed by atoms with Crippen LogP contribution in [0.2, 0.25) is 0 Å². The van der Waals surface area contributed by atoms with Crippen LogP contribution in [0.25, 0.3) is 0 Å². The maximum Gasteiger partial charge on any atom is 0.250 e. The summed E-state index contributed by atoms with van der Waals surface area (Å²) in [5, 5.41) is 12.7. The monoisotopic (exact) mass is 382 g/mol. The van der Waals surface area contributed by atoms with Crippen molar-refractivity contribution in [2.24, 2.45) is 5.10 Å². The number of methoxy groups -OCH3 is 3. The van der Waals surface area contributed by atoms with Gasteiger partial charge >= 0.3 is 0 Å². The molecule has 1 amide bonds. The van der Waals surface area contributed by atoms with E-state index in [9.17, 15) is 4.79 Å². The summed E-state index contributed by atoms with van der Waals surface area (Å²) >= 11 is 2.75. The summed E-state index contributed by atoms with van der Waals surface area (Å²) in [5.74, 6) is 1.44. The average Bonchev–Trinajstić information content (AvgIpc) is 3.04. The van der Waals surface area contributed by atoms with Crippen molar-refractivity contribution in [2.75, 3.05) is 27.1 Å². The summed E-state index contributed by atoms with van der Waals surface area (Å²) < 4.78 is 16.6. The lowest BCUT2D eigenvalue weighted by molar-refractivity contribution is -0.118. The van der Waals surface area contributed by atoms with Gasteiger partial charge in [-0.2, -0.15) is 5.10 Å². The van der Waals surface area contributed by atoms with Gasteiger partial charge in [-0.1, -0.05) is 23.1 Å². The largest absolute Gasteiger partial charge is 0.493 e. The Morgan fingerprint density at radius 1 is 1.24 bits per heavy atom. The average molecular weight is 382 g/mol. The van der Waals surface area contributed by atoms with Crippen LogP contribution in [0.3, 0.4) is 0 Å². The van der Waals surface area contributed by atoms with Crippen LogP contribution in [0.4, 0.5) is 0 Å². The standard InChI is InChI=1S/C15H18N4O4S2/c1-9-17-19-15(25-9)24-8-12(20)18-16-7-10-5-6-11(21-2)14(23-4)13(10)22-3/h5-7H,8H2,1-4H3,(H,18,20). The highest BCUT2D eigenvalue weighted by Gasteiger charge is 2.14. The molecule has 0 spiro atoms. The lowest BCUT2D eigenvalue weighted by Crippen LogP contribution is -2.19. The maximum atomic E-state index is 11.8. The number of aromatic nitrogens is 2. The SMILES string of the molecule is COc1ccc(C=NNC(=O)CSc2nnc(C)s2)c(OC)c1OC. The van der Waals surface area contributed by atoms with Crippen LogP contribution in [0.5, 0.6) is 17.2 Å². The molecule has 0 saturated carbocycles. The number of hydrazone groups is 1. The molecule has 1 aromatic carbocycles. The van der Waals surface area contributed by atoms with Gasteiger partial charge in [-0.25, -0.2) is 5.43 Å². The number of thioether (sulfide) groups is 1. The van der Waals surface area contributed by atoms with Gasteiger partial charge in [0.2, 0.25) is 5.75 Å². The molecule has 0 fully saturated rings. The van der Waals surface area contributed by atoms with E-state index >= 15 is 0 Å². The second-order valence-electron chi connectivity index (χ2n) is 4.59. The number of hydrogen-bond donors (Lipinski definition) is 1. The number of nitrogens with zero attached hydrogens (tertiary/aromatic N) is 3. The summed E-state index contributed by atoms with van der Waals surface area (Å²) in [4.78, 5) is 11.8. The molecule has 2 rings (SSSR count). The van der Waals surface area contributed by atoms with Crippen molar-refractivity contribution in [1.82, 2.24) is 15.6 Å². The molecular weight excluding hydrogens is 364 g/mol. The molecule has 0 saturated heterocycles. The van der Waals surface area contributed by atoms with Gasteiger partial charge in [0.15, 0.2) is 15.8 Å². The Hall–Kier alpha value is -2.33. The number of nitrogens with one attached hydrogen (secondary N) is 1. The van der Waals surface area contributed by atoms with Crippen molar-refractivity contribution in [1.29, 1.82) is 0 Å². The molecule has 1 aromatic heterocycles. The van der Waals surface area contributed by atoms with Crippen molar-refractivity contribution in [3.05, 3.63) is 22.7 Å². The van der Waals surface area contributed by atoms with Crippen LogP contribution in [-0.2, 0) is 4.79 Å². The third-order valence-corrected chi connectivity index (χ3v) is 4.93. The number of rotatable bonds is 8. The minimum Gasteiger partial charge on any atom is -0.493 e. The number of amides is 1. The van der Waals surface area contributed by atoms with Gasteiger partial charge < -0.3 is 14.2 Å². The number of hydrogen-bond acceptors (Lipinski definition) is 9. The summed E-state index contributed by atoms with van der Waals surface area (Å²) in [6.07, 6.45) is 1.48. The number of benzene rings is 1. The number of carbonyl (C=O) groups excluding carboxylic acids is 1. The molecule has 25 heavy (non-hydrogen) atoms. The highest BCUT2D eigenvalue weighted by Crippen LogP contribution is 2.38. The summed E-state index contributed by atoms with van der Waals surface area (Å²) in [5.41, 5.74) is 3.11. The van der Waals surface area contributed by atoms with Gasteiger partial charge in [0, 0.05) is 5.56 Å². The molecule has 0 atom stereocenters. The summed E-state index contributed by atoms with van der Waals surface area (Å²) in [6, 6.07) is 3.49. The van der Waals surface area contributed by atoms with Gasteiger partial charge in [-0.3, -0.25) is 4.79 Å². The fraction of sp³-hybridized carbons (Fsp3) is 0.333. The molecule has 0 aliphatic heterocycles. The third kappa shape index (κ3) is 5.07. The number of ether oxygens (including phenoxy) is 3. The van der Waals surface area contributed by atoms with Crippen molar-refractivity contribution < 1.29 is 19.0 Å². The zero-order chi connectivity index (χ0) is 18.2. The minimum absolute atomic E-state index is 0.203. The summed E-state index contributed by atoms with van der Waals surface area (Å²) in [7, 11) is 4.59. The Bertz CT molecular complexity index is 764. The zero-order valence-corrected chi connectivity index (χ0v) is 15.9. The second kappa shape index (κ2) is 9.23. The number of carbonyl (C=O) groups is 1. The first kappa shape index (κ1) is 19.0. The van der Waals surface area contributed by atoms with Crippen molar-refractivity contribution in [3.63, 3.8) is 0 Å². The molecule has 8 nitrogen and oxygen atoms in total. The van der Waals surface area contributed by atoms with Gasteiger partial charge in [0.05, 0.1) is 33.3 Å². The van der Waals surface area contributed by atoms with E-state index in [0.29, 0.717) is 22.8 Å². The van der Waals surface area contributed by atoms with Gasteiger partial charge in [0.25, 0.3) is 5.91 Å². The van der Waals surface area contributed by atoms with E-state index in [1.165, 1.54) is 43.5 Å². The Kier molecular flexibility index (Phi) is 7.02. The Labute approximate surface area is 153 Å². The van der Waals surface area contributed by atoms with Gasteiger partial charge in [0.1, 0.15) is 5.01 Å². The van der Waals surface area contributed by atoms with Crippen LogP contribution in [0.15, 0.2) is 21.6 Å². The zero-order valence-electron chi connectivity index (χ0n) is 14.2. The van der Waals surface area contributed by atoms with E-state index < -0.39 is 0 Å². The molecule has 0 unspecified atom stereocenters. The molecule has 134 valence electrons. The van der Waals surface area contributed by atoms with Crippen LogP contribution in [-0.4, -0.2) is 49.4 Å². The predicted molar refractivity (Wildman–Crippen MR) is 97.2 cm³/mol. The number of aryl methyl sites for hydroxylation is 1. The second-order valence-corrected chi connectivity index (χ2v) is 7.00. The quantitative estimate of drug-likeness (QED) is 0.424. The molecule has 2 aromatic rings. The molecule has 0 aliphatic rings. The van der Waals surface area contributed by atoms with E-state index in [0.717, 1.165) is 9.35 Å². The van der Waals surface area contributed by atoms with Gasteiger partial charge in [-0.15, -0.1) is 10.2 Å². The molecular formula is C15H18N4O4S2. The normalized spacial score (nSPS) is 10.7. The first-order chi connectivity index (χ1) is 12.1. The van der Waals surface area contributed by atoms with E-state index in [-0.39, 0.29) is 11.7 Å². The lowest BCUT2D eigenvalue weighted by Gasteiger charge is -2.13. The van der Waals surface area contributed by atoms with Crippen molar-refractivity contribution in [3.8, 4) is 17.2 Å². The molecule has 10 heteroatoms. The van der Waals surface area contributed by atoms with Crippen molar-refractivity contribution >= 4 is 35.2 Å². The Balaban J connectivity index is 1.98. The van der Waals surface area contributed by atoms with E-state index in [1.807, 2.05) is 6.92 Å². The first-order valence-electron chi connectivity index (χ1n) is 7.12. The topological polar surface area (TPSA) is 94.9 Å². The van der Waals surface area contributed by atoms with Crippen molar-refractivity contribution in [2.45, 2.75) is 11.3 Å². The van der Waals surface area contributed by atoms with E-state index in [2.05, 4.69) is 20.7 Å². The summed E-state index contributed by atoms with van der Waals surface area (Å²) in [6.45, 7) is 1.86. The molecule has 0 aliphatic carbocycles. The third-order valence-electron chi connectivity index (χ3n) is 2.96. The van der Waals surface area contributed by atoms with Crippen LogP contribution in [0, 0.1) is 6.92 Å². The maximum absolute atomic E-state index is 11.8. The Morgan fingerprint density at radius 2 is 2.00 bits per heavy atom. The minimum atomic E-state index is -0.242. The molecule has 1 heterocycles. The lowest BCUT2D eigenvalue weighted by atomic mass is 10.2. The highest BCUT2D eigenvalue weighted by molar-refractivity contribution is 8.01. The highest BCUT2D eigenvalue weighted by atomic mass is 32.2. The van der Waals surface area contributed by atoms with Gasteiger partial charge in [-0.05, 0) is 19.1 Å². The fourth-order valence-electron chi connectivity index (χ4n) is 1.90. The van der Waals surface area contributed by atoms with Crippen LogP contribution < -0.4 is 19.6 Å². The molecule has 1 N–H and O–H groups in total. The first-order valence-corrected chi connectivity index (χ1v) is 8.93. The van der Waals surface area contributed by atoms with Crippen LogP contribution in [0.1, 0.15) is 10.6 Å². The van der Waals surface area contributed by atoms with E-state index in [1.54, 1.807) is 19.2 Å². The van der Waals surface area contributed by atoms with E-state index in [4.69, 9.17) is 14.2 Å². The fourth-order valence-corrected chi connectivity index (χ4v) is 3.50. The predicted octanol–water partition coefficient (Wildman–Crippen LogP) is 2.11. The molecule has 0 bridgehead atoms.